The van der Waals surface area contributed by atoms with E-state index in [4.69, 9.17) is 51.1 Å². The number of nitro groups is 1. The Labute approximate surface area is 162 Å². The first kappa shape index (κ1) is 19.6. The lowest BCUT2D eigenvalue weighted by Crippen LogP contribution is -2.48. The SMILES string of the molecule is O=C(N[C@H](Oc1ccccc1Cl)C(Cl)(Cl)Cl)c1ccccc1[N+](=O)[O-]. The van der Waals surface area contributed by atoms with Crippen molar-refractivity contribution in [2.75, 3.05) is 0 Å². The molecule has 2 aromatic rings. The van der Waals surface area contributed by atoms with E-state index in [0.717, 1.165) is 0 Å². The minimum atomic E-state index is -2.06. The van der Waals surface area contributed by atoms with Crippen molar-refractivity contribution in [3.8, 4) is 5.75 Å². The zero-order chi connectivity index (χ0) is 18.6. The van der Waals surface area contributed by atoms with Gasteiger partial charge in [0, 0.05) is 6.07 Å². The van der Waals surface area contributed by atoms with Crippen molar-refractivity contribution < 1.29 is 14.5 Å². The monoisotopic (exact) mass is 422 g/mol. The van der Waals surface area contributed by atoms with Crippen LogP contribution < -0.4 is 10.1 Å². The fourth-order valence-electron chi connectivity index (χ4n) is 1.87. The van der Waals surface area contributed by atoms with Crippen molar-refractivity contribution in [3.63, 3.8) is 0 Å². The molecule has 1 amide bonds. The van der Waals surface area contributed by atoms with E-state index in [2.05, 4.69) is 5.32 Å². The molecule has 0 fully saturated rings. The summed E-state index contributed by atoms with van der Waals surface area (Å²) in [7, 11) is 0. The fourth-order valence-corrected chi connectivity index (χ4v) is 2.34. The zero-order valence-corrected chi connectivity index (χ0v) is 15.3. The summed E-state index contributed by atoms with van der Waals surface area (Å²) in [6.45, 7) is 0. The van der Waals surface area contributed by atoms with E-state index < -0.39 is 20.9 Å². The molecule has 2 aromatic carbocycles. The summed E-state index contributed by atoms with van der Waals surface area (Å²) in [6, 6.07) is 11.8. The predicted octanol–water partition coefficient (Wildman–Crippen LogP) is 4.75. The van der Waals surface area contributed by atoms with Crippen LogP contribution in [0.15, 0.2) is 48.5 Å². The van der Waals surface area contributed by atoms with E-state index in [9.17, 15) is 14.9 Å². The number of hydrogen-bond donors (Lipinski definition) is 1. The van der Waals surface area contributed by atoms with Gasteiger partial charge in [0.15, 0.2) is 0 Å². The van der Waals surface area contributed by atoms with Gasteiger partial charge in [-0.1, -0.05) is 70.7 Å². The molecule has 6 nitrogen and oxygen atoms in total. The van der Waals surface area contributed by atoms with Gasteiger partial charge in [0.2, 0.25) is 10.0 Å². The number of nitrogens with zero attached hydrogens (tertiary/aromatic N) is 1. The third-order valence-electron chi connectivity index (χ3n) is 2.99. The molecule has 25 heavy (non-hydrogen) atoms. The lowest BCUT2D eigenvalue weighted by Gasteiger charge is -2.26. The summed E-state index contributed by atoms with van der Waals surface area (Å²) in [5.74, 6) is -0.668. The van der Waals surface area contributed by atoms with Crippen LogP contribution in [0.4, 0.5) is 5.69 Å². The lowest BCUT2D eigenvalue weighted by atomic mass is 10.1. The molecule has 0 aliphatic rings. The smallest absolute Gasteiger partial charge is 0.282 e. The summed E-state index contributed by atoms with van der Waals surface area (Å²) in [4.78, 5) is 22.8. The quantitative estimate of drug-likeness (QED) is 0.325. The summed E-state index contributed by atoms with van der Waals surface area (Å²) >= 11 is 23.5. The van der Waals surface area contributed by atoms with Crippen molar-refractivity contribution in [2.45, 2.75) is 10.0 Å². The molecule has 0 aliphatic heterocycles. The molecule has 0 heterocycles. The third kappa shape index (κ3) is 5.12. The number of nitro benzene ring substituents is 1. The molecule has 1 atom stereocenters. The summed E-state index contributed by atoms with van der Waals surface area (Å²) in [5.41, 5.74) is -0.588. The lowest BCUT2D eigenvalue weighted by molar-refractivity contribution is -0.385. The van der Waals surface area contributed by atoms with Crippen LogP contribution >= 0.6 is 46.4 Å². The first-order chi connectivity index (χ1) is 11.7. The Morgan fingerprint density at radius 1 is 1.12 bits per heavy atom. The molecule has 1 N–H and O–H groups in total. The Bertz CT molecular complexity index is 795. The highest BCUT2D eigenvalue weighted by atomic mass is 35.6. The number of alkyl halides is 3. The van der Waals surface area contributed by atoms with Crippen molar-refractivity contribution >= 4 is 58.0 Å². The van der Waals surface area contributed by atoms with E-state index in [1.807, 2.05) is 0 Å². The standard InChI is InChI=1S/C15H10Cl4N2O4/c16-10-6-2-4-8-12(10)25-14(15(17,18)19)20-13(22)9-5-1-3-7-11(9)21(23)24/h1-8,14H,(H,20,22)/t14-/m1/s1. The van der Waals surface area contributed by atoms with Crippen molar-refractivity contribution in [2.24, 2.45) is 0 Å². The van der Waals surface area contributed by atoms with Gasteiger partial charge in [-0.15, -0.1) is 0 Å². The van der Waals surface area contributed by atoms with Crippen LogP contribution in [0.1, 0.15) is 10.4 Å². The van der Waals surface area contributed by atoms with E-state index in [-0.39, 0.29) is 22.0 Å². The molecule has 0 saturated carbocycles. The molecular weight excluding hydrogens is 414 g/mol. The highest BCUT2D eigenvalue weighted by Gasteiger charge is 2.37. The maximum absolute atomic E-state index is 12.4. The second-order valence-corrected chi connectivity index (χ2v) is 7.49. The van der Waals surface area contributed by atoms with Crippen molar-refractivity contribution in [3.05, 3.63) is 69.2 Å². The number of nitrogens with one attached hydrogen (secondary N) is 1. The number of benzene rings is 2. The van der Waals surface area contributed by atoms with Gasteiger partial charge in [0.05, 0.1) is 9.95 Å². The molecule has 10 heteroatoms. The molecule has 0 bridgehead atoms. The van der Waals surface area contributed by atoms with E-state index >= 15 is 0 Å². The molecule has 0 aliphatic carbocycles. The fraction of sp³-hybridized carbons (Fsp3) is 0.133. The van der Waals surface area contributed by atoms with E-state index in [0.29, 0.717) is 0 Å². The van der Waals surface area contributed by atoms with Crippen LogP contribution in [0.5, 0.6) is 5.75 Å². The van der Waals surface area contributed by atoms with Gasteiger partial charge in [-0.3, -0.25) is 14.9 Å². The molecule has 0 radical (unpaired) electrons. The van der Waals surface area contributed by atoms with Crippen LogP contribution in [0.3, 0.4) is 0 Å². The highest BCUT2D eigenvalue weighted by Crippen LogP contribution is 2.34. The topological polar surface area (TPSA) is 81.5 Å². The van der Waals surface area contributed by atoms with Crippen LogP contribution in [0, 0.1) is 10.1 Å². The van der Waals surface area contributed by atoms with Crippen LogP contribution in [-0.4, -0.2) is 20.9 Å². The normalized spacial score (nSPS) is 12.3. The molecular formula is C15H10Cl4N2O4. The summed E-state index contributed by atoms with van der Waals surface area (Å²) in [5, 5.41) is 13.6. The Hall–Kier alpha value is -1.73. The molecule has 0 aromatic heterocycles. The molecule has 2 rings (SSSR count). The van der Waals surface area contributed by atoms with Crippen LogP contribution in [0.2, 0.25) is 5.02 Å². The largest absolute Gasteiger partial charge is 0.464 e. The van der Waals surface area contributed by atoms with Gasteiger partial charge in [0.1, 0.15) is 11.3 Å². The second kappa shape index (κ2) is 8.10. The minimum absolute atomic E-state index is 0.170. The number of amides is 1. The number of ether oxygens (including phenoxy) is 1. The zero-order valence-electron chi connectivity index (χ0n) is 12.3. The molecule has 0 saturated heterocycles. The van der Waals surface area contributed by atoms with Gasteiger partial charge in [-0.2, -0.15) is 0 Å². The van der Waals surface area contributed by atoms with Gasteiger partial charge < -0.3 is 10.1 Å². The average molecular weight is 424 g/mol. The average Bonchev–Trinajstić information content (AvgIpc) is 2.55. The molecule has 0 unspecified atom stereocenters. The summed E-state index contributed by atoms with van der Waals surface area (Å²) in [6.07, 6.45) is -1.44. The van der Waals surface area contributed by atoms with Gasteiger partial charge >= 0.3 is 0 Å². The maximum Gasteiger partial charge on any atom is 0.282 e. The van der Waals surface area contributed by atoms with Crippen LogP contribution in [0.25, 0.3) is 0 Å². The van der Waals surface area contributed by atoms with E-state index in [1.165, 1.54) is 30.3 Å². The first-order valence-electron chi connectivity index (χ1n) is 6.72. The molecule has 0 spiro atoms. The number of carbonyl (C=O) groups is 1. The van der Waals surface area contributed by atoms with Gasteiger partial charge in [-0.25, -0.2) is 0 Å². The van der Waals surface area contributed by atoms with E-state index in [1.54, 1.807) is 18.2 Å². The Kier molecular flexibility index (Phi) is 6.35. The first-order valence-corrected chi connectivity index (χ1v) is 8.23. The number of para-hydroxylation sites is 2. The predicted molar refractivity (Wildman–Crippen MR) is 96.7 cm³/mol. The number of halogens is 4. The van der Waals surface area contributed by atoms with Crippen molar-refractivity contribution in [1.82, 2.24) is 5.32 Å². The summed E-state index contributed by atoms with van der Waals surface area (Å²) < 4.78 is 3.42. The number of hydrogen-bond acceptors (Lipinski definition) is 4. The van der Waals surface area contributed by atoms with Gasteiger partial charge in [-0.05, 0) is 18.2 Å². The van der Waals surface area contributed by atoms with Gasteiger partial charge in [0.25, 0.3) is 11.6 Å². The second-order valence-electron chi connectivity index (χ2n) is 4.72. The Morgan fingerprint density at radius 2 is 1.72 bits per heavy atom. The number of rotatable bonds is 5. The minimum Gasteiger partial charge on any atom is -0.464 e. The Morgan fingerprint density at radius 3 is 2.32 bits per heavy atom. The Balaban J connectivity index is 2.28. The highest BCUT2D eigenvalue weighted by molar-refractivity contribution is 6.68. The third-order valence-corrected chi connectivity index (χ3v) is 3.89. The number of carbonyl (C=O) groups excluding carboxylic acids is 1. The van der Waals surface area contributed by atoms with Crippen LogP contribution in [-0.2, 0) is 0 Å². The van der Waals surface area contributed by atoms with Crippen molar-refractivity contribution in [1.29, 1.82) is 0 Å². The molecule has 132 valence electrons. The maximum atomic E-state index is 12.4.